The van der Waals surface area contributed by atoms with Crippen LogP contribution in [0.1, 0.15) is 18.4 Å². The number of nitrogens with one attached hydrogen (secondary N) is 2. The van der Waals surface area contributed by atoms with E-state index < -0.39 is 16.1 Å². The first-order chi connectivity index (χ1) is 12.3. The summed E-state index contributed by atoms with van der Waals surface area (Å²) >= 11 is 5.82. The summed E-state index contributed by atoms with van der Waals surface area (Å²) in [6.45, 7) is 2.26. The minimum absolute atomic E-state index is 0.0950. The number of hydrogen-bond donors (Lipinski definition) is 2. The number of sulfonamides is 1. The van der Waals surface area contributed by atoms with Gasteiger partial charge in [-0.1, -0.05) is 17.7 Å². The molecule has 3 rings (SSSR count). The number of benzene rings is 2. The lowest BCUT2D eigenvalue weighted by Crippen LogP contribution is -2.27. The molecule has 8 heteroatoms. The van der Waals surface area contributed by atoms with Crippen LogP contribution in [0.3, 0.4) is 0 Å². The second kappa shape index (κ2) is 7.65. The number of halogens is 1. The molecule has 2 aromatic carbocycles. The van der Waals surface area contributed by atoms with Gasteiger partial charge in [-0.3, -0.25) is 9.52 Å². The minimum Gasteiger partial charge on any atom is -0.368 e. The van der Waals surface area contributed by atoms with Crippen molar-refractivity contribution in [2.24, 2.45) is 0 Å². The quantitative estimate of drug-likeness (QED) is 0.811. The zero-order chi connectivity index (χ0) is 18.7. The van der Waals surface area contributed by atoms with E-state index in [1.165, 1.54) is 6.07 Å². The first kappa shape index (κ1) is 18.7. The van der Waals surface area contributed by atoms with E-state index in [4.69, 9.17) is 16.3 Å². The van der Waals surface area contributed by atoms with Gasteiger partial charge in [0.1, 0.15) is 6.10 Å². The van der Waals surface area contributed by atoms with Gasteiger partial charge in [-0.15, -0.1) is 0 Å². The molecule has 26 heavy (non-hydrogen) atoms. The second-order valence-electron chi connectivity index (χ2n) is 6.08. The Hall–Kier alpha value is -2.09. The van der Waals surface area contributed by atoms with E-state index >= 15 is 0 Å². The minimum atomic E-state index is -3.81. The van der Waals surface area contributed by atoms with Crippen molar-refractivity contribution in [2.75, 3.05) is 16.6 Å². The van der Waals surface area contributed by atoms with Crippen molar-refractivity contribution in [2.45, 2.75) is 30.8 Å². The van der Waals surface area contributed by atoms with Gasteiger partial charge in [0.2, 0.25) is 0 Å². The molecular weight excluding hydrogens is 376 g/mol. The van der Waals surface area contributed by atoms with Crippen LogP contribution in [0, 0.1) is 6.92 Å². The Morgan fingerprint density at radius 3 is 2.50 bits per heavy atom. The van der Waals surface area contributed by atoms with Crippen molar-refractivity contribution >= 4 is 38.9 Å². The van der Waals surface area contributed by atoms with Gasteiger partial charge in [0, 0.05) is 23.0 Å². The molecule has 1 amide bonds. The highest BCUT2D eigenvalue weighted by molar-refractivity contribution is 7.92. The number of ether oxygens (including phenoxy) is 1. The number of hydrogen-bond acceptors (Lipinski definition) is 4. The Morgan fingerprint density at radius 1 is 1.15 bits per heavy atom. The first-order valence-electron chi connectivity index (χ1n) is 8.17. The fourth-order valence-corrected chi connectivity index (χ4v) is 4.16. The molecular formula is C18H19ClN2O4S. The largest absolute Gasteiger partial charge is 0.368 e. The summed E-state index contributed by atoms with van der Waals surface area (Å²) in [5.74, 6) is -0.264. The highest BCUT2D eigenvalue weighted by Crippen LogP contribution is 2.24. The van der Waals surface area contributed by atoms with Gasteiger partial charge in [0.05, 0.1) is 4.90 Å². The van der Waals surface area contributed by atoms with Crippen LogP contribution in [0.4, 0.5) is 11.4 Å². The average molecular weight is 395 g/mol. The van der Waals surface area contributed by atoms with Crippen LogP contribution in [-0.2, 0) is 19.6 Å². The average Bonchev–Trinajstić information content (AvgIpc) is 3.13. The molecule has 2 aromatic rings. The summed E-state index contributed by atoms with van der Waals surface area (Å²) in [4.78, 5) is 12.3. The van der Waals surface area contributed by atoms with E-state index in [0.717, 1.165) is 6.42 Å². The van der Waals surface area contributed by atoms with E-state index in [1.54, 1.807) is 43.3 Å². The molecule has 1 aliphatic rings. The van der Waals surface area contributed by atoms with Crippen molar-refractivity contribution in [1.82, 2.24) is 0 Å². The molecule has 0 spiro atoms. The fourth-order valence-electron chi connectivity index (χ4n) is 2.70. The van der Waals surface area contributed by atoms with Crippen LogP contribution in [0.5, 0.6) is 0 Å². The molecule has 1 unspecified atom stereocenters. The summed E-state index contributed by atoms with van der Waals surface area (Å²) in [6, 6.07) is 11.1. The third-order valence-electron chi connectivity index (χ3n) is 4.06. The standard InChI is InChI=1S/C18H19ClN2O4S/c1-12-4-7-15(20-18(22)16-3-2-10-25-16)11-17(12)26(23,24)21-14-8-5-13(19)6-9-14/h4-9,11,16,21H,2-3,10H2,1H3,(H,20,22). The van der Waals surface area contributed by atoms with Crippen LogP contribution in [0.15, 0.2) is 47.4 Å². The van der Waals surface area contributed by atoms with Crippen LogP contribution in [0.2, 0.25) is 5.02 Å². The maximum absolute atomic E-state index is 12.7. The highest BCUT2D eigenvalue weighted by atomic mass is 35.5. The fraction of sp³-hybridized carbons (Fsp3) is 0.278. The summed E-state index contributed by atoms with van der Waals surface area (Å²) in [6.07, 6.45) is 1.03. The first-order valence-corrected chi connectivity index (χ1v) is 10.0. The summed E-state index contributed by atoms with van der Waals surface area (Å²) in [7, 11) is -3.81. The molecule has 0 bridgehead atoms. The van der Waals surface area contributed by atoms with Crippen molar-refractivity contribution in [3.05, 3.63) is 53.1 Å². The maximum atomic E-state index is 12.7. The lowest BCUT2D eigenvalue weighted by atomic mass is 10.2. The number of anilines is 2. The molecule has 0 radical (unpaired) electrons. The lowest BCUT2D eigenvalue weighted by molar-refractivity contribution is -0.124. The van der Waals surface area contributed by atoms with E-state index in [2.05, 4.69) is 10.0 Å². The Kier molecular flexibility index (Phi) is 5.50. The molecule has 1 fully saturated rings. The third kappa shape index (κ3) is 4.35. The van der Waals surface area contributed by atoms with Gasteiger partial charge in [-0.2, -0.15) is 0 Å². The molecule has 138 valence electrons. The zero-order valence-electron chi connectivity index (χ0n) is 14.2. The van der Waals surface area contributed by atoms with Crippen LogP contribution >= 0.6 is 11.6 Å². The van der Waals surface area contributed by atoms with Crippen LogP contribution in [-0.4, -0.2) is 27.0 Å². The van der Waals surface area contributed by atoms with Crippen molar-refractivity contribution in [3.63, 3.8) is 0 Å². The molecule has 1 aliphatic heterocycles. The number of rotatable bonds is 5. The Morgan fingerprint density at radius 2 is 1.85 bits per heavy atom. The zero-order valence-corrected chi connectivity index (χ0v) is 15.7. The predicted octanol–water partition coefficient (Wildman–Crippen LogP) is 3.57. The maximum Gasteiger partial charge on any atom is 0.262 e. The van der Waals surface area contributed by atoms with Crippen molar-refractivity contribution in [1.29, 1.82) is 0 Å². The number of carbonyl (C=O) groups excluding carboxylic acids is 1. The number of aryl methyl sites for hydroxylation is 1. The smallest absolute Gasteiger partial charge is 0.262 e. The molecule has 0 saturated carbocycles. The SMILES string of the molecule is Cc1ccc(NC(=O)C2CCCO2)cc1S(=O)(=O)Nc1ccc(Cl)cc1. The van der Waals surface area contributed by atoms with E-state index in [0.29, 0.717) is 35.0 Å². The topological polar surface area (TPSA) is 84.5 Å². The van der Waals surface area contributed by atoms with Crippen molar-refractivity contribution < 1.29 is 17.9 Å². The van der Waals surface area contributed by atoms with Gasteiger partial charge >= 0.3 is 0 Å². The van der Waals surface area contributed by atoms with E-state index in [9.17, 15) is 13.2 Å². The molecule has 1 atom stereocenters. The summed E-state index contributed by atoms with van der Waals surface area (Å²) < 4.78 is 33.3. The van der Waals surface area contributed by atoms with Crippen molar-refractivity contribution in [3.8, 4) is 0 Å². The predicted molar refractivity (Wildman–Crippen MR) is 101 cm³/mol. The monoisotopic (exact) mass is 394 g/mol. The Bertz CT molecular complexity index is 907. The normalized spacial score (nSPS) is 17.1. The van der Waals surface area contributed by atoms with E-state index in [1.807, 2.05) is 0 Å². The molecule has 1 heterocycles. The third-order valence-corrected chi connectivity index (χ3v) is 5.84. The second-order valence-corrected chi connectivity index (χ2v) is 8.17. The van der Waals surface area contributed by atoms with Gasteiger partial charge in [0.15, 0.2) is 0 Å². The van der Waals surface area contributed by atoms with Gasteiger partial charge in [-0.25, -0.2) is 8.42 Å². The van der Waals surface area contributed by atoms with Gasteiger partial charge in [0.25, 0.3) is 15.9 Å². The van der Waals surface area contributed by atoms with Gasteiger partial charge < -0.3 is 10.1 Å². The van der Waals surface area contributed by atoms with Crippen LogP contribution in [0.25, 0.3) is 0 Å². The molecule has 6 nitrogen and oxygen atoms in total. The van der Waals surface area contributed by atoms with Gasteiger partial charge in [-0.05, 0) is 61.7 Å². The Balaban J connectivity index is 1.81. The molecule has 0 aliphatic carbocycles. The Labute approximate surface area is 157 Å². The summed E-state index contributed by atoms with van der Waals surface area (Å²) in [5, 5.41) is 3.24. The van der Waals surface area contributed by atoms with Crippen LogP contribution < -0.4 is 10.0 Å². The summed E-state index contributed by atoms with van der Waals surface area (Å²) in [5.41, 5.74) is 1.39. The number of amides is 1. The molecule has 0 aromatic heterocycles. The number of carbonyl (C=O) groups is 1. The van der Waals surface area contributed by atoms with E-state index in [-0.39, 0.29) is 10.8 Å². The lowest BCUT2D eigenvalue weighted by Gasteiger charge is -2.14. The molecule has 2 N–H and O–H groups in total. The highest BCUT2D eigenvalue weighted by Gasteiger charge is 2.24. The molecule has 1 saturated heterocycles.